The maximum absolute atomic E-state index is 5.88. The molecule has 0 atom stereocenters. The standard InChI is InChI=1S/C16H23N3S/c1-11-8-6-7-9-12(11)19(5)15-18-14(16(2,3)4)13(10-17)20-15/h6-9H,10,17H2,1-5H3. The largest absolute Gasteiger partial charge is 0.326 e. The van der Waals surface area contributed by atoms with Crippen molar-refractivity contribution >= 4 is 22.2 Å². The van der Waals surface area contributed by atoms with Crippen LogP contribution in [0.25, 0.3) is 0 Å². The minimum Gasteiger partial charge on any atom is -0.326 e. The minimum absolute atomic E-state index is 0.0238. The Labute approximate surface area is 125 Å². The molecule has 0 amide bonds. The quantitative estimate of drug-likeness (QED) is 0.929. The van der Waals surface area contributed by atoms with E-state index in [0.29, 0.717) is 6.54 Å². The van der Waals surface area contributed by atoms with Crippen LogP contribution in [0.2, 0.25) is 0 Å². The molecule has 20 heavy (non-hydrogen) atoms. The van der Waals surface area contributed by atoms with E-state index in [0.717, 1.165) is 10.8 Å². The molecule has 2 aromatic rings. The smallest absolute Gasteiger partial charge is 0.190 e. The van der Waals surface area contributed by atoms with Crippen LogP contribution in [0, 0.1) is 6.92 Å². The first-order chi connectivity index (χ1) is 9.34. The maximum Gasteiger partial charge on any atom is 0.190 e. The Balaban J connectivity index is 2.44. The third-order valence-corrected chi connectivity index (χ3v) is 4.50. The van der Waals surface area contributed by atoms with E-state index in [1.54, 1.807) is 11.3 Å². The van der Waals surface area contributed by atoms with Gasteiger partial charge >= 0.3 is 0 Å². The molecule has 3 nitrogen and oxygen atoms in total. The van der Waals surface area contributed by atoms with Crippen LogP contribution >= 0.6 is 11.3 Å². The Morgan fingerprint density at radius 3 is 2.40 bits per heavy atom. The van der Waals surface area contributed by atoms with Crippen LogP contribution in [0.3, 0.4) is 0 Å². The fraction of sp³-hybridized carbons (Fsp3) is 0.438. The fourth-order valence-electron chi connectivity index (χ4n) is 2.25. The van der Waals surface area contributed by atoms with Crippen molar-refractivity contribution in [3.05, 3.63) is 40.4 Å². The second-order valence-electron chi connectivity index (χ2n) is 6.07. The van der Waals surface area contributed by atoms with E-state index in [1.165, 1.54) is 16.1 Å². The molecule has 0 radical (unpaired) electrons. The first-order valence-corrected chi connectivity index (χ1v) is 7.66. The zero-order valence-electron chi connectivity index (χ0n) is 12.9. The summed E-state index contributed by atoms with van der Waals surface area (Å²) in [6.07, 6.45) is 0. The molecule has 0 aliphatic carbocycles. The topological polar surface area (TPSA) is 42.2 Å². The third kappa shape index (κ3) is 2.86. The van der Waals surface area contributed by atoms with Crippen LogP contribution in [0.5, 0.6) is 0 Å². The highest BCUT2D eigenvalue weighted by atomic mass is 32.1. The number of rotatable bonds is 3. The molecule has 0 aliphatic heterocycles. The molecule has 0 aliphatic rings. The summed E-state index contributed by atoms with van der Waals surface area (Å²) in [6.45, 7) is 9.20. The summed E-state index contributed by atoms with van der Waals surface area (Å²) in [5.74, 6) is 0. The lowest BCUT2D eigenvalue weighted by Gasteiger charge is -2.19. The van der Waals surface area contributed by atoms with E-state index in [1.807, 2.05) is 0 Å². The van der Waals surface area contributed by atoms with E-state index in [9.17, 15) is 0 Å². The van der Waals surface area contributed by atoms with Gasteiger partial charge in [-0.1, -0.05) is 50.3 Å². The summed E-state index contributed by atoms with van der Waals surface area (Å²) in [5.41, 5.74) is 9.45. The highest BCUT2D eigenvalue weighted by molar-refractivity contribution is 7.15. The van der Waals surface area contributed by atoms with Crippen molar-refractivity contribution in [1.29, 1.82) is 0 Å². The zero-order valence-corrected chi connectivity index (χ0v) is 13.7. The summed E-state index contributed by atoms with van der Waals surface area (Å²) in [7, 11) is 2.06. The number of hydrogen-bond acceptors (Lipinski definition) is 4. The van der Waals surface area contributed by atoms with Crippen molar-refractivity contribution in [2.24, 2.45) is 5.73 Å². The lowest BCUT2D eigenvalue weighted by Crippen LogP contribution is -2.16. The predicted molar refractivity (Wildman–Crippen MR) is 87.9 cm³/mol. The highest BCUT2D eigenvalue weighted by Gasteiger charge is 2.24. The van der Waals surface area contributed by atoms with Crippen LogP contribution in [-0.4, -0.2) is 12.0 Å². The Morgan fingerprint density at radius 2 is 1.90 bits per heavy atom. The van der Waals surface area contributed by atoms with Crippen LogP contribution in [0.1, 0.15) is 36.9 Å². The normalized spacial score (nSPS) is 11.7. The van der Waals surface area contributed by atoms with Crippen molar-refractivity contribution in [2.75, 3.05) is 11.9 Å². The molecule has 0 bridgehead atoms. The van der Waals surface area contributed by atoms with E-state index in [4.69, 9.17) is 10.7 Å². The van der Waals surface area contributed by atoms with Gasteiger partial charge in [0.1, 0.15) is 0 Å². The van der Waals surface area contributed by atoms with Gasteiger partial charge in [-0.05, 0) is 18.6 Å². The second kappa shape index (κ2) is 5.54. The monoisotopic (exact) mass is 289 g/mol. The first-order valence-electron chi connectivity index (χ1n) is 6.84. The van der Waals surface area contributed by atoms with Gasteiger partial charge in [0, 0.05) is 29.6 Å². The van der Waals surface area contributed by atoms with Gasteiger partial charge in [-0.3, -0.25) is 0 Å². The SMILES string of the molecule is Cc1ccccc1N(C)c1nc(C(C)(C)C)c(CN)s1. The Hall–Kier alpha value is -1.39. The van der Waals surface area contributed by atoms with E-state index in [2.05, 4.69) is 63.9 Å². The lowest BCUT2D eigenvalue weighted by molar-refractivity contribution is 0.566. The average molecular weight is 289 g/mol. The Bertz CT molecular complexity index is 596. The summed E-state index contributed by atoms with van der Waals surface area (Å²) >= 11 is 1.69. The molecular formula is C16H23N3S. The van der Waals surface area contributed by atoms with Gasteiger partial charge in [-0.15, -0.1) is 0 Å². The van der Waals surface area contributed by atoms with Crippen LogP contribution in [0.4, 0.5) is 10.8 Å². The van der Waals surface area contributed by atoms with E-state index in [-0.39, 0.29) is 5.41 Å². The third-order valence-electron chi connectivity index (χ3n) is 3.35. The van der Waals surface area contributed by atoms with Crippen LogP contribution in [-0.2, 0) is 12.0 Å². The molecule has 2 N–H and O–H groups in total. The molecule has 4 heteroatoms. The maximum atomic E-state index is 5.88. The number of anilines is 2. The van der Waals surface area contributed by atoms with Crippen LogP contribution in [0.15, 0.2) is 24.3 Å². The van der Waals surface area contributed by atoms with E-state index < -0.39 is 0 Å². The van der Waals surface area contributed by atoms with E-state index >= 15 is 0 Å². The van der Waals surface area contributed by atoms with Crippen molar-refractivity contribution in [3.63, 3.8) is 0 Å². The Kier molecular flexibility index (Phi) is 4.16. The molecule has 0 spiro atoms. The molecule has 0 fully saturated rings. The second-order valence-corrected chi connectivity index (χ2v) is 7.13. The summed E-state index contributed by atoms with van der Waals surface area (Å²) in [4.78, 5) is 8.16. The molecule has 1 heterocycles. The van der Waals surface area contributed by atoms with Crippen LogP contribution < -0.4 is 10.6 Å². The number of hydrogen-bond donors (Lipinski definition) is 1. The summed E-state index contributed by atoms with van der Waals surface area (Å²) in [6, 6.07) is 8.35. The average Bonchev–Trinajstić information content (AvgIpc) is 2.82. The number of nitrogens with two attached hydrogens (primary N) is 1. The molecule has 1 aromatic carbocycles. The van der Waals surface area contributed by atoms with Crippen molar-refractivity contribution in [2.45, 2.75) is 39.7 Å². The molecule has 2 rings (SSSR count). The van der Waals surface area contributed by atoms with Gasteiger partial charge in [-0.25, -0.2) is 4.98 Å². The molecule has 0 saturated carbocycles. The summed E-state index contributed by atoms with van der Waals surface area (Å²) < 4.78 is 0. The number of aromatic nitrogens is 1. The number of thiazole rings is 1. The Morgan fingerprint density at radius 1 is 1.25 bits per heavy atom. The van der Waals surface area contributed by atoms with Crippen molar-refractivity contribution < 1.29 is 0 Å². The number of nitrogens with zero attached hydrogens (tertiary/aromatic N) is 2. The lowest BCUT2D eigenvalue weighted by atomic mass is 9.91. The molecular weight excluding hydrogens is 266 g/mol. The number of aryl methyl sites for hydroxylation is 1. The fourth-order valence-corrected chi connectivity index (χ4v) is 3.37. The highest BCUT2D eigenvalue weighted by Crippen LogP contribution is 2.36. The first kappa shape index (κ1) is 15.0. The number of benzene rings is 1. The van der Waals surface area contributed by atoms with Gasteiger partial charge in [0.25, 0.3) is 0 Å². The minimum atomic E-state index is 0.0238. The molecule has 1 aromatic heterocycles. The van der Waals surface area contributed by atoms with Crippen molar-refractivity contribution in [1.82, 2.24) is 4.98 Å². The van der Waals surface area contributed by atoms with Gasteiger partial charge in [-0.2, -0.15) is 0 Å². The molecule has 108 valence electrons. The van der Waals surface area contributed by atoms with Gasteiger partial charge in [0.15, 0.2) is 5.13 Å². The molecule has 0 unspecified atom stereocenters. The van der Waals surface area contributed by atoms with Crippen molar-refractivity contribution in [3.8, 4) is 0 Å². The predicted octanol–water partition coefficient (Wildman–Crippen LogP) is 3.98. The zero-order chi connectivity index (χ0) is 14.9. The van der Waals surface area contributed by atoms with Gasteiger partial charge in [0.05, 0.1) is 5.69 Å². The number of para-hydroxylation sites is 1. The summed E-state index contributed by atoms with van der Waals surface area (Å²) in [5, 5.41) is 1.00. The van der Waals surface area contributed by atoms with Gasteiger partial charge < -0.3 is 10.6 Å². The molecule has 0 saturated heterocycles. The van der Waals surface area contributed by atoms with Gasteiger partial charge in [0.2, 0.25) is 0 Å².